The van der Waals surface area contributed by atoms with Gasteiger partial charge in [0, 0.05) is 11.2 Å². The number of aliphatic hydroxyl groups is 1. The molecular formula is C19H24N4O3S2. The zero-order valence-corrected chi connectivity index (χ0v) is 17.2. The molecule has 2 aliphatic rings. The van der Waals surface area contributed by atoms with Gasteiger partial charge in [0.25, 0.3) is 0 Å². The number of hydrogen-bond donors (Lipinski definition) is 3. The minimum absolute atomic E-state index is 0.0426. The van der Waals surface area contributed by atoms with Crippen molar-refractivity contribution in [2.45, 2.75) is 62.1 Å². The summed E-state index contributed by atoms with van der Waals surface area (Å²) in [6, 6.07) is 0.616. The van der Waals surface area contributed by atoms with Gasteiger partial charge in [0.15, 0.2) is 9.92 Å². The number of carbonyl (C=O) groups excluding carboxylic acids is 1. The van der Waals surface area contributed by atoms with Crippen LogP contribution in [0.3, 0.4) is 0 Å². The number of carbonyl (C=O) groups is 1. The first-order chi connectivity index (χ1) is 14.6. The molecule has 2 amide bonds. The van der Waals surface area contributed by atoms with Crippen LogP contribution in [0.2, 0.25) is 0 Å². The van der Waals surface area contributed by atoms with Crippen LogP contribution in [0.5, 0.6) is 0 Å². The molecule has 28 heavy (non-hydrogen) atoms. The number of amides is 2. The number of aryl methyl sites for hydroxylation is 2. The van der Waals surface area contributed by atoms with Crippen molar-refractivity contribution in [1.29, 1.82) is 0 Å². The number of urea groups is 1. The highest BCUT2D eigenvalue weighted by Crippen LogP contribution is 2.38. The van der Waals surface area contributed by atoms with Crippen molar-refractivity contribution >= 4 is 33.0 Å². The van der Waals surface area contributed by atoms with Gasteiger partial charge in [0.05, 0.1) is 6.20 Å². The van der Waals surface area contributed by atoms with E-state index in [0.29, 0.717) is 40.8 Å². The highest BCUT2D eigenvalue weighted by molar-refractivity contribution is 7.93. The van der Waals surface area contributed by atoms with Crippen LogP contribution in [0.15, 0.2) is 20.8 Å². The van der Waals surface area contributed by atoms with Crippen LogP contribution in [-0.4, -0.2) is 20.3 Å². The average Bonchev–Trinajstić information content (AvgIpc) is 3.32. The summed E-state index contributed by atoms with van der Waals surface area (Å²) < 4.78 is 49.7. The first-order valence-corrected chi connectivity index (χ1v) is 11.3. The molecule has 150 valence electrons. The summed E-state index contributed by atoms with van der Waals surface area (Å²) in [6.07, 6.45) is -0.816. The van der Waals surface area contributed by atoms with Crippen LogP contribution in [0.4, 0.5) is 10.5 Å². The summed E-state index contributed by atoms with van der Waals surface area (Å²) in [5.41, 5.74) is 1.03. The van der Waals surface area contributed by atoms with Gasteiger partial charge in [-0.2, -0.15) is 0 Å². The number of benzene rings is 1. The van der Waals surface area contributed by atoms with Crippen molar-refractivity contribution in [3.8, 4) is 0 Å². The lowest BCUT2D eigenvalue weighted by Crippen LogP contribution is -2.18. The minimum Gasteiger partial charge on any atom is -0.383 e. The number of fused-ring (bicyclic) bond motifs is 2. The van der Waals surface area contributed by atoms with Crippen LogP contribution in [0.1, 0.15) is 59.4 Å². The Morgan fingerprint density at radius 1 is 1.36 bits per heavy atom. The Bertz CT molecular complexity index is 1200. The maximum absolute atomic E-state index is 12.9. The molecule has 4 rings (SSSR count). The molecule has 1 aromatic heterocycles. The highest BCUT2D eigenvalue weighted by atomic mass is 32.2. The van der Waals surface area contributed by atoms with Crippen LogP contribution in [0, 0.1) is 0 Å². The summed E-state index contributed by atoms with van der Waals surface area (Å²) in [5.74, 6) is 0. The van der Waals surface area contributed by atoms with E-state index in [4.69, 9.17) is 10.6 Å². The Labute approximate surface area is 174 Å². The molecule has 0 aliphatic heterocycles. The first-order valence-electron chi connectivity index (χ1n) is 10.9. The molecule has 0 saturated heterocycles. The minimum atomic E-state index is -3.63. The number of anilines is 1. The van der Waals surface area contributed by atoms with E-state index in [1.807, 2.05) is 0 Å². The smallest absolute Gasteiger partial charge is 0.354 e. The normalized spacial score (nSPS) is 23.4. The van der Waals surface area contributed by atoms with E-state index in [1.54, 1.807) is 6.07 Å². The van der Waals surface area contributed by atoms with E-state index >= 15 is 0 Å². The topological polar surface area (TPSA) is 118 Å². The van der Waals surface area contributed by atoms with Gasteiger partial charge in [-0.3, -0.25) is 0 Å². The number of nitrogens with zero attached hydrogens (tertiary/aromatic N) is 2. The molecule has 0 saturated carbocycles. The second kappa shape index (κ2) is 6.91. The van der Waals surface area contributed by atoms with E-state index in [2.05, 4.69) is 14.7 Å². The van der Waals surface area contributed by atoms with Gasteiger partial charge >= 0.3 is 6.03 Å². The van der Waals surface area contributed by atoms with Gasteiger partial charge in [-0.05, 0) is 74.5 Å². The largest absolute Gasteiger partial charge is 0.383 e. The molecule has 1 atom stereocenters. The molecule has 0 fully saturated rings. The fraction of sp³-hybridized carbons (Fsp3) is 0.474. The number of nitrogens with two attached hydrogens (primary N) is 1. The molecule has 2 aliphatic carbocycles. The van der Waals surface area contributed by atoms with Crippen molar-refractivity contribution in [2.24, 2.45) is 9.50 Å². The first kappa shape index (κ1) is 15.1. The number of thiazole rings is 1. The molecule has 2 aromatic rings. The fourth-order valence-corrected chi connectivity index (χ4v) is 5.44. The second-order valence-corrected chi connectivity index (χ2v) is 10.3. The molecule has 1 aromatic carbocycles. The summed E-state index contributed by atoms with van der Waals surface area (Å²) >= 11 is 0.900. The van der Waals surface area contributed by atoms with Gasteiger partial charge < -0.3 is 10.4 Å². The van der Waals surface area contributed by atoms with Gasteiger partial charge in [-0.15, -0.1) is 15.7 Å². The zero-order valence-electron chi connectivity index (χ0n) is 19.5. The van der Waals surface area contributed by atoms with E-state index < -0.39 is 34.3 Å². The lowest BCUT2D eigenvalue weighted by atomic mass is 9.99. The van der Waals surface area contributed by atoms with Crippen molar-refractivity contribution in [1.82, 2.24) is 4.98 Å². The third-order valence-electron chi connectivity index (χ3n) is 4.67. The number of aromatic nitrogens is 1. The lowest BCUT2D eigenvalue weighted by molar-refractivity contribution is 0.0783. The monoisotopic (exact) mass is 424 g/mol. The predicted molar refractivity (Wildman–Crippen MR) is 110 cm³/mol. The molecule has 0 bridgehead atoms. The van der Waals surface area contributed by atoms with Crippen LogP contribution < -0.4 is 10.5 Å². The zero-order chi connectivity index (χ0) is 23.7. The van der Waals surface area contributed by atoms with Crippen LogP contribution in [0.25, 0.3) is 0 Å². The van der Waals surface area contributed by atoms with Crippen molar-refractivity contribution in [3.63, 3.8) is 0 Å². The second-order valence-electron chi connectivity index (χ2n) is 7.29. The van der Waals surface area contributed by atoms with Crippen LogP contribution in [-0.2, 0) is 41.1 Å². The third kappa shape index (κ3) is 3.59. The third-order valence-corrected chi connectivity index (χ3v) is 7.86. The number of rotatable bonds is 3. The molecule has 9 heteroatoms. The molecule has 1 heterocycles. The Kier molecular flexibility index (Phi) is 3.72. The summed E-state index contributed by atoms with van der Waals surface area (Å²) in [4.78, 5) is 16.7. The summed E-state index contributed by atoms with van der Waals surface area (Å²) in [7, 11) is -3.63. The van der Waals surface area contributed by atoms with E-state index in [0.717, 1.165) is 11.3 Å². The SMILES string of the molecule is [2H]C1([2H])CCc2c1cc1c(c2NC(=O)N=S(N)(=O)c2cnc(C(C)(C)O)s2)CCC1([2H])[2H]. The standard InChI is InChI=1S/C19H24N4O3S2/c1-19(2,25)17-21-10-15(27-17)28(20,26)23-18(24)22-16-13-7-3-5-11(13)9-12-6-4-8-14(12)16/h9-10,25H,3-8H2,1-2H3,(H3,20,22,23,24,26)/i5D2,6D2. The van der Waals surface area contributed by atoms with E-state index in [-0.39, 0.29) is 22.1 Å². The molecule has 4 N–H and O–H groups in total. The van der Waals surface area contributed by atoms with Crippen LogP contribution >= 0.6 is 11.3 Å². The highest BCUT2D eigenvalue weighted by Gasteiger charge is 2.26. The quantitative estimate of drug-likeness (QED) is 0.701. The van der Waals surface area contributed by atoms with Gasteiger partial charge in [0.2, 0.25) is 0 Å². The lowest BCUT2D eigenvalue weighted by Gasteiger charge is -2.15. The molecule has 0 spiro atoms. The summed E-state index contributed by atoms with van der Waals surface area (Å²) in [5, 5.41) is 18.8. The molecule has 1 unspecified atom stereocenters. The van der Waals surface area contributed by atoms with E-state index in [1.165, 1.54) is 20.0 Å². The Morgan fingerprint density at radius 3 is 2.50 bits per heavy atom. The van der Waals surface area contributed by atoms with Gasteiger partial charge in [0.1, 0.15) is 14.8 Å². The van der Waals surface area contributed by atoms with Crippen molar-refractivity contribution < 1.29 is 19.6 Å². The Morgan fingerprint density at radius 2 is 1.96 bits per heavy atom. The Balaban J connectivity index is 1.73. The fourth-order valence-electron chi connectivity index (χ4n) is 3.38. The van der Waals surface area contributed by atoms with Gasteiger partial charge in [-0.25, -0.2) is 19.1 Å². The molecule has 7 nitrogen and oxygen atoms in total. The van der Waals surface area contributed by atoms with Gasteiger partial charge in [-0.1, -0.05) is 6.07 Å². The molecular weight excluding hydrogens is 396 g/mol. The average molecular weight is 425 g/mol. The van der Waals surface area contributed by atoms with Crippen molar-refractivity contribution in [2.75, 3.05) is 5.32 Å². The van der Waals surface area contributed by atoms with Crippen molar-refractivity contribution in [3.05, 3.63) is 39.5 Å². The maximum atomic E-state index is 12.9. The summed E-state index contributed by atoms with van der Waals surface area (Å²) in [6.45, 7) is 3.04. The molecule has 0 radical (unpaired) electrons. The predicted octanol–water partition coefficient (Wildman–Crippen LogP) is 3.28. The maximum Gasteiger partial charge on any atom is 0.354 e. The number of nitrogens with one attached hydrogen (secondary N) is 1. The van der Waals surface area contributed by atoms with E-state index in [9.17, 15) is 14.1 Å². The number of hydrogen-bond acceptors (Lipinski definition) is 5. The Hall–Kier alpha value is -1.81.